The second-order valence-corrected chi connectivity index (χ2v) is 5.76. The molecule has 2 heteroatoms. The van der Waals surface area contributed by atoms with E-state index in [4.69, 9.17) is 0 Å². The van der Waals surface area contributed by atoms with Gasteiger partial charge in [-0.2, -0.15) is 0 Å². The maximum absolute atomic E-state index is 3.44. The molecule has 14 heavy (non-hydrogen) atoms. The minimum Gasteiger partial charge on any atom is -0.316 e. The van der Waals surface area contributed by atoms with Crippen molar-refractivity contribution in [3.05, 3.63) is 21.9 Å². The highest BCUT2D eigenvalue weighted by Gasteiger charge is 2.18. The van der Waals surface area contributed by atoms with E-state index < -0.39 is 0 Å². The molecule has 1 N–H and O–H groups in total. The zero-order chi connectivity index (χ0) is 9.97. The van der Waals surface area contributed by atoms with Gasteiger partial charge >= 0.3 is 0 Å². The third-order valence-electron chi connectivity index (χ3n) is 3.10. The highest BCUT2D eigenvalue weighted by Crippen LogP contribution is 2.30. The first kappa shape index (κ1) is 10.2. The van der Waals surface area contributed by atoms with Crippen LogP contribution in [0.25, 0.3) is 0 Å². The SMILES string of the molecule is Cc1ccc(C(C)CC2CCNC2)s1. The van der Waals surface area contributed by atoms with Gasteiger partial charge in [-0.05, 0) is 56.8 Å². The fourth-order valence-electron chi connectivity index (χ4n) is 2.25. The Morgan fingerprint density at radius 3 is 3.00 bits per heavy atom. The molecule has 1 saturated heterocycles. The van der Waals surface area contributed by atoms with E-state index in [1.165, 1.54) is 30.8 Å². The van der Waals surface area contributed by atoms with Crippen LogP contribution in [0.1, 0.15) is 35.4 Å². The minimum atomic E-state index is 0.749. The Kier molecular flexibility index (Phi) is 3.24. The maximum atomic E-state index is 3.44. The van der Waals surface area contributed by atoms with Crippen molar-refractivity contribution in [3.63, 3.8) is 0 Å². The van der Waals surface area contributed by atoms with Gasteiger partial charge in [0.1, 0.15) is 0 Å². The molecule has 78 valence electrons. The van der Waals surface area contributed by atoms with Crippen LogP contribution in [0.15, 0.2) is 12.1 Å². The summed E-state index contributed by atoms with van der Waals surface area (Å²) in [7, 11) is 0. The Balaban J connectivity index is 1.91. The van der Waals surface area contributed by atoms with Crippen LogP contribution in [0.5, 0.6) is 0 Å². The molecule has 0 aliphatic carbocycles. The van der Waals surface area contributed by atoms with Crippen molar-refractivity contribution >= 4 is 11.3 Å². The molecule has 1 aromatic rings. The Labute approximate surface area is 90.5 Å². The molecule has 2 rings (SSSR count). The Bertz CT molecular complexity index is 286. The first-order valence-corrected chi connectivity index (χ1v) is 6.34. The van der Waals surface area contributed by atoms with Gasteiger partial charge in [-0.1, -0.05) is 6.92 Å². The summed E-state index contributed by atoms with van der Waals surface area (Å²) in [5, 5.41) is 3.44. The normalized spacial score (nSPS) is 24.0. The number of aryl methyl sites for hydroxylation is 1. The van der Waals surface area contributed by atoms with E-state index in [9.17, 15) is 0 Å². The Morgan fingerprint density at radius 1 is 1.57 bits per heavy atom. The molecular formula is C12H19NS. The van der Waals surface area contributed by atoms with Gasteiger partial charge in [0.25, 0.3) is 0 Å². The first-order chi connectivity index (χ1) is 6.75. The smallest absolute Gasteiger partial charge is 0.00763 e. The maximum Gasteiger partial charge on any atom is 0.00763 e. The molecule has 2 atom stereocenters. The van der Waals surface area contributed by atoms with Crippen molar-refractivity contribution in [2.45, 2.75) is 32.6 Å². The summed E-state index contributed by atoms with van der Waals surface area (Å²) in [6.45, 7) is 7.01. The van der Waals surface area contributed by atoms with Gasteiger partial charge < -0.3 is 5.32 Å². The fraction of sp³-hybridized carbons (Fsp3) is 0.667. The molecule has 2 unspecified atom stereocenters. The van der Waals surface area contributed by atoms with Gasteiger partial charge in [-0.15, -0.1) is 11.3 Å². The molecule has 1 fully saturated rings. The number of hydrogen-bond donors (Lipinski definition) is 1. The lowest BCUT2D eigenvalue weighted by Crippen LogP contribution is -2.10. The number of nitrogens with one attached hydrogen (secondary N) is 1. The van der Waals surface area contributed by atoms with Crippen molar-refractivity contribution in [2.75, 3.05) is 13.1 Å². The van der Waals surface area contributed by atoms with Crippen LogP contribution in [0.4, 0.5) is 0 Å². The molecule has 0 radical (unpaired) electrons. The van der Waals surface area contributed by atoms with Crippen LogP contribution < -0.4 is 5.32 Å². The minimum absolute atomic E-state index is 0.749. The molecule has 1 aromatic heterocycles. The monoisotopic (exact) mass is 209 g/mol. The van der Waals surface area contributed by atoms with Crippen molar-refractivity contribution in [1.82, 2.24) is 5.32 Å². The van der Waals surface area contributed by atoms with E-state index in [0.29, 0.717) is 0 Å². The summed E-state index contributed by atoms with van der Waals surface area (Å²) < 4.78 is 0. The number of thiophene rings is 1. The van der Waals surface area contributed by atoms with Gasteiger partial charge in [0.2, 0.25) is 0 Å². The largest absolute Gasteiger partial charge is 0.316 e. The van der Waals surface area contributed by atoms with Gasteiger partial charge in [0.05, 0.1) is 0 Å². The van der Waals surface area contributed by atoms with Crippen LogP contribution in [-0.2, 0) is 0 Å². The summed E-state index contributed by atoms with van der Waals surface area (Å²) in [6, 6.07) is 4.54. The molecular weight excluding hydrogens is 190 g/mol. The van der Waals surface area contributed by atoms with E-state index in [0.717, 1.165) is 11.8 Å². The van der Waals surface area contributed by atoms with Gasteiger partial charge in [0, 0.05) is 9.75 Å². The summed E-state index contributed by atoms with van der Waals surface area (Å²) in [5.41, 5.74) is 0. The summed E-state index contributed by atoms with van der Waals surface area (Å²) in [5.74, 6) is 1.66. The van der Waals surface area contributed by atoms with Gasteiger partial charge in [-0.25, -0.2) is 0 Å². The molecule has 1 nitrogen and oxygen atoms in total. The van der Waals surface area contributed by atoms with Crippen LogP contribution in [0.2, 0.25) is 0 Å². The Morgan fingerprint density at radius 2 is 2.43 bits per heavy atom. The number of rotatable bonds is 3. The lowest BCUT2D eigenvalue weighted by molar-refractivity contribution is 0.487. The second kappa shape index (κ2) is 4.45. The molecule has 0 bridgehead atoms. The Hall–Kier alpha value is -0.340. The van der Waals surface area contributed by atoms with E-state index in [1.54, 1.807) is 4.88 Å². The zero-order valence-electron chi connectivity index (χ0n) is 9.05. The molecule has 2 heterocycles. The summed E-state index contributed by atoms with van der Waals surface area (Å²) >= 11 is 1.96. The third kappa shape index (κ3) is 2.37. The summed E-state index contributed by atoms with van der Waals surface area (Å²) in [4.78, 5) is 3.01. The van der Waals surface area contributed by atoms with Crippen molar-refractivity contribution in [1.29, 1.82) is 0 Å². The van der Waals surface area contributed by atoms with Gasteiger partial charge in [-0.3, -0.25) is 0 Å². The highest BCUT2D eigenvalue weighted by atomic mass is 32.1. The molecule has 0 saturated carbocycles. The predicted octanol–water partition coefficient (Wildman–Crippen LogP) is 3.16. The van der Waals surface area contributed by atoms with Crippen molar-refractivity contribution in [3.8, 4) is 0 Å². The number of hydrogen-bond acceptors (Lipinski definition) is 2. The van der Waals surface area contributed by atoms with Crippen LogP contribution in [0, 0.1) is 12.8 Å². The quantitative estimate of drug-likeness (QED) is 0.806. The molecule has 0 aromatic carbocycles. The molecule has 0 amide bonds. The third-order valence-corrected chi connectivity index (χ3v) is 4.33. The summed E-state index contributed by atoms with van der Waals surface area (Å²) in [6.07, 6.45) is 2.72. The van der Waals surface area contributed by atoms with Crippen LogP contribution >= 0.6 is 11.3 Å². The van der Waals surface area contributed by atoms with E-state index in [-0.39, 0.29) is 0 Å². The van der Waals surface area contributed by atoms with Crippen molar-refractivity contribution in [2.24, 2.45) is 5.92 Å². The van der Waals surface area contributed by atoms with Gasteiger partial charge in [0.15, 0.2) is 0 Å². The zero-order valence-corrected chi connectivity index (χ0v) is 9.86. The standard InChI is InChI=1S/C12H19NS/c1-9(7-11-5-6-13-8-11)12-4-3-10(2)14-12/h3-4,9,11,13H,5-8H2,1-2H3. The van der Waals surface area contributed by atoms with E-state index in [1.807, 2.05) is 11.3 Å². The molecule has 1 aliphatic rings. The topological polar surface area (TPSA) is 12.0 Å². The lowest BCUT2D eigenvalue weighted by atomic mass is 9.94. The second-order valence-electron chi connectivity index (χ2n) is 4.44. The first-order valence-electron chi connectivity index (χ1n) is 5.53. The average Bonchev–Trinajstić information content (AvgIpc) is 2.75. The van der Waals surface area contributed by atoms with Crippen LogP contribution in [-0.4, -0.2) is 13.1 Å². The van der Waals surface area contributed by atoms with Crippen LogP contribution in [0.3, 0.4) is 0 Å². The van der Waals surface area contributed by atoms with Crippen molar-refractivity contribution < 1.29 is 0 Å². The van der Waals surface area contributed by atoms with E-state index in [2.05, 4.69) is 31.3 Å². The highest BCUT2D eigenvalue weighted by molar-refractivity contribution is 7.12. The predicted molar refractivity (Wildman–Crippen MR) is 63.1 cm³/mol. The van der Waals surface area contributed by atoms with E-state index >= 15 is 0 Å². The average molecular weight is 209 g/mol. The molecule has 0 spiro atoms. The fourth-order valence-corrected chi connectivity index (χ4v) is 3.19. The lowest BCUT2D eigenvalue weighted by Gasteiger charge is -2.13. The molecule has 1 aliphatic heterocycles.